The Bertz CT molecular complexity index is 1090. The number of phenols is 1. The van der Waals surface area contributed by atoms with Crippen LogP contribution in [0.2, 0.25) is 0 Å². The van der Waals surface area contributed by atoms with Crippen LogP contribution in [0, 0.1) is 0 Å². The maximum Gasteiger partial charge on any atom is 0.197 e. The first-order chi connectivity index (χ1) is 13.5. The zero-order chi connectivity index (χ0) is 19.7. The van der Waals surface area contributed by atoms with E-state index in [4.69, 9.17) is 4.42 Å². The van der Waals surface area contributed by atoms with Crippen LogP contribution in [-0.2, 0) is 6.54 Å². The van der Waals surface area contributed by atoms with Crippen LogP contribution in [0.3, 0.4) is 0 Å². The second-order valence-corrected chi connectivity index (χ2v) is 8.15. The lowest BCUT2D eigenvalue weighted by molar-refractivity contribution is 0.101. The van der Waals surface area contributed by atoms with Crippen LogP contribution in [0.1, 0.15) is 22.8 Å². The first kappa shape index (κ1) is 18.8. The van der Waals surface area contributed by atoms with Gasteiger partial charge in [0.05, 0.1) is 5.56 Å². The Balaban J connectivity index is 1.93. The van der Waals surface area contributed by atoms with E-state index in [0.717, 1.165) is 35.7 Å². The Morgan fingerprint density at radius 1 is 1.18 bits per heavy atom. The molecule has 144 valence electrons. The van der Waals surface area contributed by atoms with Gasteiger partial charge in [-0.25, -0.2) is 0 Å². The quantitative estimate of drug-likeness (QED) is 0.675. The molecule has 0 unspecified atom stereocenters. The second-order valence-electron chi connectivity index (χ2n) is 6.92. The van der Waals surface area contributed by atoms with Crippen molar-refractivity contribution in [1.29, 1.82) is 0 Å². The van der Waals surface area contributed by atoms with Gasteiger partial charge < -0.3 is 9.52 Å². The highest BCUT2D eigenvalue weighted by Gasteiger charge is 2.22. The zero-order valence-electron chi connectivity index (χ0n) is 15.6. The van der Waals surface area contributed by atoms with Crippen molar-refractivity contribution in [3.8, 4) is 17.1 Å². The van der Waals surface area contributed by atoms with Crippen molar-refractivity contribution in [3.05, 3.63) is 63.8 Å². The predicted octanol–water partition coefficient (Wildman–Crippen LogP) is 3.92. The molecule has 1 N–H and O–H groups in total. The molecule has 0 atom stereocenters. The van der Waals surface area contributed by atoms with E-state index in [0.29, 0.717) is 17.9 Å². The number of carbonyl (C=O) groups is 1. The zero-order valence-corrected chi connectivity index (χ0v) is 16.4. The molecular weight excluding hydrogens is 374 g/mol. The van der Waals surface area contributed by atoms with Gasteiger partial charge in [-0.15, -0.1) is 0 Å². The van der Waals surface area contributed by atoms with E-state index in [1.807, 2.05) is 42.1 Å². The number of phenolic OH excluding ortho intramolecular Hbond substituents is 1. The molecule has 0 saturated carbocycles. The molecule has 5 nitrogen and oxygen atoms in total. The van der Waals surface area contributed by atoms with Crippen molar-refractivity contribution < 1.29 is 14.3 Å². The molecule has 6 heteroatoms. The van der Waals surface area contributed by atoms with Crippen LogP contribution >= 0.6 is 11.8 Å². The lowest BCUT2D eigenvalue weighted by Gasteiger charge is -2.26. The molecule has 28 heavy (non-hydrogen) atoms. The second kappa shape index (κ2) is 7.81. The Kier molecular flexibility index (Phi) is 5.24. The maximum atomic E-state index is 12.9. The maximum absolute atomic E-state index is 12.9. The number of Topliss-reactive ketones (excluding diaryl/α,β-unsaturated/α-hetero) is 1. The van der Waals surface area contributed by atoms with E-state index in [-0.39, 0.29) is 27.9 Å². The molecule has 0 radical (unpaired) electrons. The van der Waals surface area contributed by atoms with Crippen LogP contribution in [0.5, 0.6) is 5.75 Å². The van der Waals surface area contributed by atoms with E-state index < -0.39 is 0 Å². The molecule has 3 aromatic rings. The average Bonchev–Trinajstić information content (AvgIpc) is 2.71. The highest BCUT2D eigenvalue weighted by atomic mass is 32.2. The summed E-state index contributed by atoms with van der Waals surface area (Å²) in [6.45, 7) is 3.83. The summed E-state index contributed by atoms with van der Waals surface area (Å²) in [6, 6.07) is 12.4. The topological polar surface area (TPSA) is 70.8 Å². The molecule has 2 heterocycles. The number of hydrogen-bond acceptors (Lipinski definition) is 6. The molecule has 1 fully saturated rings. The van der Waals surface area contributed by atoms with E-state index >= 15 is 0 Å². The van der Waals surface area contributed by atoms with Crippen molar-refractivity contribution >= 4 is 28.5 Å². The van der Waals surface area contributed by atoms with Gasteiger partial charge in [0.2, 0.25) is 0 Å². The molecule has 0 bridgehead atoms. The van der Waals surface area contributed by atoms with Gasteiger partial charge in [-0.05, 0) is 13.0 Å². The van der Waals surface area contributed by atoms with E-state index in [9.17, 15) is 14.7 Å². The minimum atomic E-state index is -0.351. The van der Waals surface area contributed by atoms with Crippen molar-refractivity contribution in [2.75, 3.05) is 24.6 Å². The number of carbonyl (C=O) groups excluding carboxylic acids is 1. The number of rotatable bonds is 4. The van der Waals surface area contributed by atoms with E-state index in [1.54, 1.807) is 6.07 Å². The number of hydrogen-bond donors (Lipinski definition) is 1. The third-order valence-electron chi connectivity index (χ3n) is 4.99. The fraction of sp³-hybridized carbons (Fsp3) is 0.273. The largest absolute Gasteiger partial charge is 0.506 e. The summed E-state index contributed by atoms with van der Waals surface area (Å²) in [5.74, 6) is 1.97. The fourth-order valence-corrected chi connectivity index (χ4v) is 4.50. The highest BCUT2D eigenvalue weighted by Crippen LogP contribution is 2.33. The number of nitrogens with zero attached hydrogens (tertiary/aromatic N) is 1. The van der Waals surface area contributed by atoms with Crippen LogP contribution in [0.4, 0.5) is 0 Å². The number of thioether (sulfide) groups is 1. The van der Waals surface area contributed by atoms with E-state index in [2.05, 4.69) is 4.90 Å². The minimum Gasteiger partial charge on any atom is -0.506 e. The molecule has 0 aliphatic carbocycles. The van der Waals surface area contributed by atoms with Crippen LogP contribution in [0.25, 0.3) is 22.3 Å². The molecule has 0 spiro atoms. The first-order valence-corrected chi connectivity index (χ1v) is 10.4. The van der Waals surface area contributed by atoms with Crippen LogP contribution in [-0.4, -0.2) is 40.4 Å². The van der Waals surface area contributed by atoms with Gasteiger partial charge in [-0.2, -0.15) is 11.8 Å². The Labute approximate surface area is 167 Å². The van der Waals surface area contributed by atoms with Crippen molar-refractivity contribution in [2.24, 2.45) is 0 Å². The molecule has 4 rings (SSSR count). The average molecular weight is 395 g/mol. The number of aromatic hydroxyl groups is 1. The smallest absolute Gasteiger partial charge is 0.197 e. The lowest BCUT2D eigenvalue weighted by Crippen LogP contribution is -2.32. The molecule has 1 aromatic heterocycles. The number of ketones is 1. The van der Waals surface area contributed by atoms with Gasteiger partial charge in [0.15, 0.2) is 11.2 Å². The summed E-state index contributed by atoms with van der Waals surface area (Å²) < 4.78 is 6.11. The summed E-state index contributed by atoms with van der Waals surface area (Å²) >= 11 is 1.92. The first-order valence-electron chi connectivity index (χ1n) is 9.24. The summed E-state index contributed by atoms with van der Waals surface area (Å²) in [7, 11) is 0. The molecule has 0 amide bonds. The van der Waals surface area contributed by atoms with Gasteiger partial charge in [0.25, 0.3) is 0 Å². The molecule has 1 saturated heterocycles. The van der Waals surface area contributed by atoms with Gasteiger partial charge in [-0.3, -0.25) is 14.5 Å². The molecule has 1 aliphatic heterocycles. The standard InChI is InChI=1S/C22H21NO4S/c1-14(24)17-11-16(13-23-7-9-28-10-8-23)22-20(21(17)26)18(25)12-19(27-22)15-5-3-2-4-6-15/h2-6,11-12,26H,7-10,13H2,1H3. The van der Waals surface area contributed by atoms with E-state index in [1.165, 1.54) is 13.0 Å². The third-order valence-corrected chi connectivity index (χ3v) is 5.93. The van der Waals surface area contributed by atoms with Gasteiger partial charge in [0.1, 0.15) is 22.5 Å². The predicted molar refractivity (Wildman–Crippen MR) is 112 cm³/mol. The number of fused-ring (bicyclic) bond motifs is 1. The van der Waals surface area contributed by atoms with Gasteiger partial charge in [0, 0.05) is 48.3 Å². The fourth-order valence-electron chi connectivity index (χ4n) is 3.52. The Morgan fingerprint density at radius 3 is 2.57 bits per heavy atom. The van der Waals surface area contributed by atoms with Crippen molar-refractivity contribution in [1.82, 2.24) is 4.90 Å². The van der Waals surface area contributed by atoms with Gasteiger partial charge >= 0.3 is 0 Å². The van der Waals surface area contributed by atoms with Crippen molar-refractivity contribution in [2.45, 2.75) is 13.5 Å². The summed E-state index contributed by atoms with van der Waals surface area (Å²) in [4.78, 5) is 27.2. The monoisotopic (exact) mass is 395 g/mol. The normalized spacial score (nSPS) is 15.0. The molecular formula is C22H21NO4S. The summed E-state index contributed by atoms with van der Waals surface area (Å²) in [5.41, 5.74) is 1.70. The Hall–Kier alpha value is -2.57. The van der Waals surface area contributed by atoms with Crippen LogP contribution < -0.4 is 5.43 Å². The molecule has 1 aliphatic rings. The molecule has 2 aromatic carbocycles. The third kappa shape index (κ3) is 3.57. The van der Waals surface area contributed by atoms with Gasteiger partial charge in [-0.1, -0.05) is 30.3 Å². The van der Waals surface area contributed by atoms with Crippen LogP contribution in [0.15, 0.2) is 51.7 Å². The Morgan fingerprint density at radius 2 is 1.89 bits per heavy atom. The van der Waals surface area contributed by atoms with Crippen molar-refractivity contribution in [3.63, 3.8) is 0 Å². The number of benzene rings is 2. The SMILES string of the molecule is CC(=O)c1cc(CN2CCSCC2)c2oc(-c3ccccc3)cc(=O)c2c1O. The highest BCUT2D eigenvalue weighted by molar-refractivity contribution is 7.99. The lowest BCUT2D eigenvalue weighted by atomic mass is 10.0. The minimum absolute atomic E-state index is 0.0776. The summed E-state index contributed by atoms with van der Waals surface area (Å²) in [6.07, 6.45) is 0. The summed E-state index contributed by atoms with van der Waals surface area (Å²) in [5, 5.41) is 10.7.